The normalized spacial score (nSPS) is 18.8. The molecule has 0 bridgehead atoms. The van der Waals surface area contributed by atoms with Gasteiger partial charge >= 0.3 is 5.97 Å². The van der Waals surface area contributed by atoms with Gasteiger partial charge in [-0.05, 0) is 43.6 Å². The number of nitrogens with zero attached hydrogens (tertiary/aromatic N) is 1. The highest BCUT2D eigenvalue weighted by atomic mass is 16.4. The maximum absolute atomic E-state index is 13.0. The number of rotatable bonds is 8. The molecule has 2 atom stereocenters. The lowest BCUT2D eigenvalue weighted by molar-refractivity contribution is -0.149. The Morgan fingerprint density at radius 1 is 1.28 bits per heavy atom. The molecular formula is C21H29NO3. The molecule has 0 aromatic heterocycles. The highest BCUT2D eigenvalue weighted by Gasteiger charge is 2.36. The number of allylic oxidation sites excluding steroid dienone is 1. The van der Waals surface area contributed by atoms with Crippen molar-refractivity contribution in [2.45, 2.75) is 52.0 Å². The van der Waals surface area contributed by atoms with Gasteiger partial charge in [-0.3, -0.25) is 4.79 Å². The lowest BCUT2D eigenvalue weighted by Gasteiger charge is -2.25. The Hall–Kier alpha value is -2.10. The first-order chi connectivity index (χ1) is 12.0. The fourth-order valence-electron chi connectivity index (χ4n) is 3.30. The molecule has 0 aliphatic carbocycles. The Balaban J connectivity index is 2.12. The summed E-state index contributed by atoms with van der Waals surface area (Å²) in [5.74, 6) is -0.625. The number of carboxylic acid groups (broad SMARTS) is 1. The summed E-state index contributed by atoms with van der Waals surface area (Å²) in [6.07, 6.45) is 8.02. The smallest absolute Gasteiger partial charge is 0.326 e. The molecule has 0 spiro atoms. The summed E-state index contributed by atoms with van der Waals surface area (Å²) in [5, 5.41) is 9.37. The molecule has 2 rings (SSSR count). The molecule has 1 amide bonds. The van der Waals surface area contributed by atoms with Gasteiger partial charge in [0, 0.05) is 6.54 Å². The van der Waals surface area contributed by atoms with Gasteiger partial charge in [0.1, 0.15) is 6.04 Å². The van der Waals surface area contributed by atoms with Gasteiger partial charge in [-0.2, -0.15) is 0 Å². The Kier molecular flexibility index (Phi) is 7.23. The minimum absolute atomic E-state index is 0.0606. The van der Waals surface area contributed by atoms with E-state index in [4.69, 9.17) is 0 Å². The Bertz CT molecular complexity index is 594. The fourth-order valence-corrected chi connectivity index (χ4v) is 3.30. The first-order valence-corrected chi connectivity index (χ1v) is 9.23. The van der Waals surface area contributed by atoms with Crippen molar-refractivity contribution >= 4 is 11.9 Å². The van der Waals surface area contributed by atoms with Gasteiger partial charge in [0.05, 0.1) is 5.92 Å². The van der Waals surface area contributed by atoms with E-state index in [2.05, 4.69) is 19.9 Å². The molecule has 25 heavy (non-hydrogen) atoms. The fraction of sp³-hybridized carbons (Fsp3) is 0.524. The van der Waals surface area contributed by atoms with Crippen LogP contribution in [0.1, 0.15) is 45.1 Å². The first kappa shape index (κ1) is 19.2. The van der Waals surface area contributed by atoms with Crippen LogP contribution >= 0.6 is 0 Å². The molecule has 4 heteroatoms. The molecule has 0 radical (unpaired) electrons. The zero-order valence-corrected chi connectivity index (χ0v) is 15.2. The third-order valence-electron chi connectivity index (χ3n) is 4.72. The van der Waals surface area contributed by atoms with Crippen molar-refractivity contribution in [3.8, 4) is 0 Å². The van der Waals surface area contributed by atoms with Gasteiger partial charge in [-0.15, -0.1) is 0 Å². The molecule has 1 saturated heterocycles. The van der Waals surface area contributed by atoms with Crippen LogP contribution in [0.4, 0.5) is 0 Å². The summed E-state index contributed by atoms with van der Waals surface area (Å²) in [6.45, 7) is 4.91. The molecular weight excluding hydrogens is 314 g/mol. The van der Waals surface area contributed by atoms with Gasteiger partial charge in [0.2, 0.25) is 5.91 Å². The van der Waals surface area contributed by atoms with Gasteiger partial charge in [-0.25, -0.2) is 4.79 Å². The molecule has 1 heterocycles. The van der Waals surface area contributed by atoms with Crippen molar-refractivity contribution in [1.29, 1.82) is 0 Å². The molecule has 0 unspecified atom stereocenters. The van der Waals surface area contributed by atoms with E-state index >= 15 is 0 Å². The van der Waals surface area contributed by atoms with Crippen LogP contribution < -0.4 is 0 Å². The van der Waals surface area contributed by atoms with Crippen LogP contribution in [0, 0.1) is 11.8 Å². The lowest BCUT2D eigenvalue weighted by atomic mass is 9.96. The summed E-state index contributed by atoms with van der Waals surface area (Å²) in [4.78, 5) is 26.0. The molecule has 1 aromatic carbocycles. The van der Waals surface area contributed by atoms with Gasteiger partial charge in [0.15, 0.2) is 0 Å². The molecule has 1 N–H and O–H groups in total. The van der Waals surface area contributed by atoms with E-state index in [1.165, 1.54) is 0 Å². The largest absolute Gasteiger partial charge is 0.480 e. The number of hydrogen-bond acceptors (Lipinski definition) is 2. The summed E-state index contributed by atoms with van der Waals surface area (Å²) in [5.41, 5.74) is 1.10. The van der Waals surface area contributed by atoms with Crippen molar-refractivity contribution in [3.63, 3.8) is 0 Å². The van der Waals surface area contributed by atoms with E-state index in [1.54, 1.807) is 4.90 Å². The van der Waals surface area contributed by atoms with Crippen LogP contribution in [0.25, 0.3) is 0 Å². The number of amides is 1. The van der Waals surface area contributed by atoms with Crippen molar-refractivity contribution < 1.29 is 14.7 Å². The maximum Gasteiger partial charge on any atom is 0.326 e. The van der Waals surface area contributed by atoms with Gasteiger partial charge in [0.25, 0.3) is 0 Å². The maximum atomic E-state index is 13.0. The van der Waals surface area contributed by atoms with Crippen molar-refractivity contribution in [1.82, 2.24) is 4.90 Å². The summed E-state index contributed by atoms with van der Waals surface area (Å²) in [6, 6.07) is 9.25. The zero-order valence-electron chi connectivity index (χ0n) is 15.2. The highest BCUT2D eigenvalue weighted by Crippen LogP contribution is 2.23. The number of carbonyl (C=O) groups excluding carboxylic acids is 1. The van der Waals surface area contributed by atoms with Crippen LogP contribution in [-0.4, -0.2) is 34.5 Å². The van der Waals surface area contributed by atoms with Crippen LogP contribution in [0.2, 0.25) is 0 Å². The minimum Gasteiger partial charge on any atom is -0.480 e. The summed E-state index contributed by atoms with van der Waals surface area (Å²) >= 11 is 0. The third-order valence-corrected chi connectivity index (χ3v) is 4.72. The van der Waals surface area contributed by atoms with E-state index in [-0.39, 0.29) is 11.8 Å². The second-order valence-corrected chi connectivity index (χ2v) is 7.22. The quantitative estimate of drug-likeness (QED) is 0.728. The Morgan fingerprint density at radius 3 is 2.64 bits per heavy atom. The molecule has 136 valence electrons. The summed E-state index contributed by atoms with van der Waals surface area (Å²) < 4.78 is 0. The molecule has 1 aliphatic rings. The predicted molar refractivity (Wildman–Crippen MR) is 99.2 cm³/mol. The van der Waals surface area contributed by atoms with Crippen LogP contribution in [-0.2, 0) is 16.0 Å². The number of aliphatic carboxylic acids is 1. The number of benzene rings is 1. The summed E-state index contributed by atoms with van der Waals surface area (Å²) in [7, 11) is 0. The molecule has 1 fully saturated rings. The van der Waals surface area contributed by atoms with Crippen LogP contribution in [0.5, 0.6) is 0 Å². The Morgan fingerprint density at radius 2 is 2.00 bits per heavy atom. The average Bonchev–Trinajstić information content (AvgIpc) is 3.07. The Labute approximate surface area is 150 Å². The third kappa shape index (κ3) is 5.73. The van der Waals surface area contributed by atoms with E-state index in [0.29, 0.717) is 25.3 Å². The van der Waals surface area contributed by atoms with E-state index < -0.39 is 12.0 Å². The standard InChI is InChI=1S/C21H29NO3/c1-16(2)9-6-7-12-18(15-17-10-4-3-5-11-17)20(23)22-14-8-13-19(22)21(24)25/h3-5,7,10-12,16,18-19H,6,8-9,13-15H2,1-2H3,(H,24,25)/b12-7+/t18-,19-/m1/s1. The van der Waals surface area contributed by atoms with Gasteiger partial charge < -0.3 is 10.0 Å². The van der Waals surface area contributed by atoms with Crippen LogP contribution in [0.3, 0.4) is 0 Å². The van der Waals surface area contributed by atoms with Crippen molar-refractivity contribution in [2.24, 2.45) is 11.8 Å². The topological polar surface area (TPSA) is 57.6 Å². The zero-order chi connectivity index (χ0) is 18.2. The molecule has 0 saturated carbocycles. The second kappa shape index (κ2) is 9.40. The minimum atomic E-state index is -0.895. The monoisotopic (exact) mass is 343 g/mol. The second-order valence-electron chi connectivity index (χ2n) is 7.22. The first-order valence-electron chi connectivity index (χ1n) is 9.23. The number of carbonyl (C=O) groups is 2. The van der Waals surface area contributed by atoms with Crippen molar-refractivity contribution in [3.05, 3.63) is 48.0 Å². The van der Waals surface area contributed by atoms with E-state index in [1.807, 2.05) is 36.4 Å². The number of carboxylic acids is 1. The SMILES string of the molecule is CC(C)CC/C=C/[C@H](Cc1ccccc1)C(=O)N1CCC[C@@H]1C(=O)O. The number of likely N-dealkylation sites (tertiary alicyclic amines) is 1. The van der Waals surface area contributed by atoms with E-state index in [0.717, 1.165) is 24.8 Å². The highest BCUT2D eigenvalue weighted by molar-refractivity contribution is 5.86. The molecule has 1 aliphatic heterocycles. The molecule has 4 nitrogen and oxygen atoms in total. The van der Waals surface area contributed by atoms with Gasteiger partial charge in [-0.1, -0.05) is 56.3 Å². The lowest BCUT2D eigenvalue weighted by Crippen LogP contribution is -2.43. The van der Waals surface area contributed by atoms with Crippen molar-refractivity contribution in [2.75, 3.05) is 6.54 Å². The average molecular weight is 343 g/mol. The molecule has 1 aromatic rings. The number of hydrogen-bond donors (Lipinski definition) is 1. The predicted octanol–water partition coefficient (Wildman–Crippen LogP) is 3.91. The van der Waals surface area contributed by atoms with E-state index in [9.17, 15) is 14.7 Å². The van der Waals surface area contributed by atoms with Crippen LogP contribution in [0.15, 0.2) is 42.5 Å².